The molecule has 0 bridgehead atoms. The molecule has 0 spiro atoms. The van der Waals surface area contributed by atoms with Gasteiger partial charge in [-0.15, -0.1) is 0 Å². The van der Waals surface area contributed by atoms with Gasteiger partial charge in [-0.2, -0.15) is 4.39 Å². The quantitative estimate of drug-likeness (QED) is 0.785. The lowest BCUT2D eigenvalue weighted by Crippen LogP contribution is -2.25. The van der Waals surface area contributed by atoms with Gasteiger partial charge in [-0.05, 0) is 18.1 Å². The van der Waals surface area contributed by atoms with Crippen LogP contribution in [0.4, 0.5) is 10.2 Å². The molecule has 0 aliphatic carbocycles. The highest BCUT2D eigenvalue weighted by Gasteiger charge is 2.31. The molecule has 2 rings (SSSR count). The van der Waals surface area contributed by atoms with Crippen LogP contribution in [0.2, 0.25) is 0 Å². The minimum atomic E-state index is -0.595. The summed E-state index contributed by atoms with van der Waals surface area (Å²) < 4.78 is 13.0. The molecule has 0 radical (unpaired) electrons. The van der Waals surface area contributed by atoms with Crippen molar-refractivity contribution < 1.29 is 14.0 Å². The van der Waals surface area contributed by atoms with Gasteiger partial charge in [0.1, 0.15) is 5.82 Å². The number of rotatable bonds is 3. The fourth-order valence-electron chi connectivity index (χ4n) is 1.90. The maximum absolute atomic E-state index is 13.0. The Kier molecular flexibility index (Phi) is 3.96. The van der Waals surface area contributed by atoms with Crippen LogP contribution < -0.4 is 4.90 Å². The van der Waals surface area contributed by atoms with E-state index in [4.69, 9.17) is 0 Å². The molecule has 0 N–H and O–H groups in total. The van der Waals surface area contributed by atoms with Crippen molar-refractivity contribution in [1.29, 1.82) is 0 Å². The first-order chi connectivity index (χ1) is 8.56. The molecule has 4 nitrogen and oxygen atoms in total. The van der Waals surface area contributed by atoms with Crippen LogP contribution in [0, 0.1) is 11.9 Å². The Morgan fingerprint density at radius 2 is 2.39 bits per heavy atom. The maximum Gasteiger partial charge on any atom is 0.228 e. The molecule has 6 heteroatoms. The van der Waals surface area contributed by atoms with E-state index in [1.165, 1.54) is 35.7 Å². The normalized spacial score (nSPS) is 19.3. The Hall–Kier alpha value is -1.43. The summed E-state index contributed by atoms with van der Waals surface area (Å²) in [5.74, 6) is 0.420. The van der Waals surface area contributed by atoms with E-state index >= 15 is 0 Å². The molecule has 1 aliphatic heterocycles. The van der Waals surface area contributed by atoms with E-state index < -0.39 is 5.95 Å². The van der Waals surface area contributed by atoms with Crippen molar-refractivity contribution in [2.45, 2.75) is 13.3 Å². The predicted molar refractivity (Wildman–Crippen MR) is 67.8 cm³/mol. The van der Waals surface area contributed by atoms with E-state index in [1.54, 1.807) is 6.07 Å². The molecular weight excluding hydrogens is 255 g/mol. The number of halogens is 1. The number of pyridine rings is 1. The largest absolute Gasteiger partial charge is 0.296 e. The fourth-order valence-corrected chi connectivity index (χ4v) is 2.59. The third-order valence-corrected chi connectivity index (χ3v) is 3.75. The van der Waals surface area contributed by atoms with Crippen molar-refractivity contribution in [1.82, 2.24) is 4.98 Å². The van der Waals surface area contributed by atoms with Crippen molar-refractivity contribution >= 4 is 28.6 Å². The molecule has 18 heavy (non-hydrogen) atoms. The molecule has 96 valence electrons. The molecule has 1 saturated heterocycles. The summed E-state index contributed by atoms with van der Waals surface area (Å²) in [5.41, 5.74) is 0. The molecule has 1 unspecified atom stereocenters. The van der Waals surface area contributed by atoms with Crippen LogP contribution in [0.5, 0.6) is 0 Å². The van der Waals surface area contributed by atoms with Crippen LogP contribution in [-0.2, 0) is 9.59 Å². The van der Waals surface area contributed by atoms with Crippen LogP contribution in [0.1, 0.15) is 13.3 Å². The lowest BCUT2D eigenvalue weighted by Gasteiger charge is -2.15. The van der Waals surface area contributed by atoms with Crippen LogP contribution in [0.25, 0.3) is 0 Å². The zero-order chi connectivity index (χ0) is 13.1. The van der Waals surface area contributed by atoms with Crippen molar-refractivity contribution in [3.63, 3.8) is 0 Å². The summed E-state index contributed by atoms with van der Waals surface area (Å²) in [5, 5.41) is 0.0461. The first-order valence-corrected chi connectivity index (χ1v) is 6.61. The number of nitrogens with zero attached hydrogens (tertiary/aromatic N) is 2. The van der Waals surface area contributed by atoms with Crippen LogP contribution >= 0.6 is 11.8 Å². The monoisotopic (exact) mass is 268 g/mol. The second-order valence-electron chi connectivity index (χ2n) is 4.20. The topological polar surface area (TPSA) is 50.3 Å². The van der Waals surface area contributed by atoms with Gasteiger partial charge < -0.3 is 0 Å². The van der Waals surface area contributed by atoms with Gasteiger partial charge in [0.15, 0.2) is 5.12 Å². The van der Waals surface area contributed by atoms with Crippen LogP contribution in [-0.4, -0.2) is 28.3 Å². The number of aromatic nitrogens is 1. The number of anilines is 1. The second-order valence-corrected chi connectivity index (χ2v) is 5.39. The molecule has 0 saturated carbocycles. The summed E-state index contributed by atoms with van der Waals surface area (Å²) in [6.45, 7) is 2.00. The van der Waals surface area contributed by atoms with Gasteiger partial charge in [0.2, 0.25) is 11.9 Å². The lowest BCUT2D eigenvalue weighted by atomic mass is 10.1. The van der Waals surface area contributed by atoms with Crippen molar-refractivity contribution in [3.05, 3.63) is 24.1 Å². The van der Waals surface area contributed by atoms with Gasteiger partial charge in [0, 0.05) is 25.6 Å². The summed E-state index contributed by atoms with van der Waals surface area (Å²) in [7, 11) is 0. The van der Waals surface area contributed by atoms with Crippen molar-refractivity contribution in [2.24, 2.45) is 5.92 Å². The Bertz CT molecular complexity index is 481. The molecule has 1 amide bonds. The van der Waals surface area contributed by atoms with Gasteiger partial charge in [-0.1, -0.05) is 17.8 Å². The molecular formula is C12H13FN2O2S. The molecule has 1 fully saturated rings. The first kappa shape index (κ1) is 13.0. The third kappa shape index (κ3) is 3.07. The average molecular weight is 268 g/mol. The highest BCUT2D eigenvalue weighted by molar-refractivity contribution is 8.13. The standard InChI is InChI=1S/C12H13FN2O2S/c1-8(16)18-7-9-5-12(17)15(6-9)11-4-2-3-10(13)14-11/h2-4,9H,5-7H2,1H3. The summed E-state index contributed by atoms with van der Waals surface area (Å²) >= 11 is 1.22. The zero-order valence-electron chi connectivity index (χ0n) is 9.93. The molecule has 1 atom stereocenters. The molecule has 0 aromatic carbocycles. The van der Waals surface area contributed by atoms with Gasteiger partial charge in [-0.3, -0.25) is 14.5 Å². The average Bonchev–Trinajstić information content (AvgIpc) is 2.68. The maximum atomic E-state index is 13.0. The fraction of sp³-hybridized carbons (Fsp3) is 0.417. The Balaban J connectivity index is 2.03. The first-order valence-electron chi connectivity index (χ1n) is 5.62. The highest BCUT2D eigenvalue weighted by atomic mass is 32.2. The Labute approximate surface area is 109 Å². The number of hydrogen-bond acceptors (Lipinski definition) is 4. The van der Waals surface area contributed by atoms with Crippen molar-refractivity contribution in [3.8, 4) is 0 Å². The smallest absolute Gasteiger partial charge is 0.228 e. The number of carbonyl (C=O) groups excluding carboxylic acids is 2. The predicted octanol–water partition coefficient (Wildman–Crippen LogP) is 1.85. The van der Waals surface area contributed by atoms with Gasteiger partial charge in [0.05, 0.1) is 0 Å². The van der Waals surface area contributed by atoms with Crippen molar-refractivity contribution in [2.75, 3.05) is 17.2 Å². The molecule has 1 aromatic rings. The summed E-state index contributed by atoms with van der Waals surface area (Å²) in [6.07, 6.45) is 0.387. The van der Waals surface area contributed by atoms with E-state index in [-0.39, 0.29) is 16.9 Å². The van der Waals surface area contributed by atoms with Gasteiger partial charge in [-0.25, -0.2) is 4.98 Å². The van der Waals surface area contributed by atoms with E-state index in [0.717, 1.165) is 0 Å². The van der Waals surface area contributed by atoms with Gasteiger partial charge >= 0.3 is 0 Å². The van der Waals surface area contributed by atoms with E-state index in [9.17, 15) is 14.0 Å². The minimum Gasteiger partial charge on any atom is -0.296 e. The Morgan fingerprint density at radius 1 is 1.61 bits per heavy atom. The SMILES string of the molecule is CC(=O)SCC1CC(=O)N(c2cccc(F)n2)C1. The van der Waals surface area contributed by atoms with E-state index in [1.807, 2.05) is 0 Å². The van der Waals surface area contributed by atoms with Gasteiger partial charge in [0.25, 0.3) is 0 Å². The van der Waals surface area contributed by atoms with Crippen LogP contribution in [0.15, 0.2) is 18.2 Å². The molecule has 1 aromatic heterocycles. The highest BCUT2D eigenvalue weighted by Crippen LogP contribution is 2.26. The second kappa shape index (κ2) is 5.48. The zero-order valence-corrected chi connectivity index (χ0v) is 10.7. The number of thioether (sulfide) groups is 1. The molecule has 1 aliphatic rings. The number of carbonyl (C=O) groups is 2. The minimum absolute atomic E-state index is 0.0461. The van der Waals surface area contributed by atoms with Crippen LogP contribution in [0.3, 0.4) is 0 Å². The number of amides is 1. The summed E-state index contributed by atoms with van der Waals surface area (Å²) in [6, 6.07) is 4.39. The molecule has 2 heterocycles. The Morgan fingerprint density at radius 3 is 3.06 bits per heavy atom. The number of hydrogen-bond donors (Lipinski definition) is 0. The lowest BCUT2D eigenvalue weighted by molar-refractivity contribution is -0.117. The third-order valence-electron chi connectivity index (χ3n) is 2.70. The van der Waals surface area contributed by atoms with E-state index in [0.29, 0.717) is 24.5 Å². The van der Waals surface area contributed by atoms with E-state index in [2.05, 4.69) is 4.98 Å². The summed E-state index contributed by atoms with van der Waals surface area (Å²) in [4.78, 5) is 27.9.